The standard InChI is InChI=1S/C20H31NO11S2/c1-11(22)28-10-15-17(29-12(2)23)18(30-13(3)24)19(31-14(4)25)20(32-15)33-16(21-26)8-6-7-9-34(5)27/h15,17-20,26H,6-10H2,1-5H3/b21-16-. The Kier molecular flexibility index (Phi) is 13.1. The van der Waals surface area contributed by atoms with E-state index in [0.29, 0.717) is 25.0 Å². The van der Waals surface area contributed by atoms with Crippen molar-refractivity contribution in [3.63, 3.8) is 0 Å². The van der Waals surface area contributed by atoms with Gasteiger partial charge in [0, 0.05) is 50.5 Å². The van der Waals surface area contributed by atoms with E-state index in [2.05, 4.69) is 5.16 Å². The first-order chi connectivity index (χ1) is 15.9. The SMILES string of the molecule is CC(=O)OCC1OC(S/C(CCCCS(C)=O)=N\O)C(OC(C)=O)C(OC(C)=O)C1OC(C)=O. The van der Waals surface area contributed by atoms with Gasteiger partial charge in [-0.2, -0.15) is 0 Å². The van der Waals surface area contributed by atoms with Gasteiger partial charge in [0.05, 0.1) is 0 Å². The lowest BCUT2D eigenvalue weighted by atomic mass is 9.99. The minimum atomic E-state index is -1.29. The molecule has 1 heterocycles. The molecule has 14 heteroatoms. The fourth-order valence-electron chi connectivity index (χ4n) is 3.13. The van der Waals surface area contributed by atoms with Crippen LogP contribution in [0.5, 0.6) is 0 Å². The maximum absolute atomic E-state index is 11.8. The third-order valence-corrected chi connectivity index (χ3v) is 6.42. The number of oxime groups is 1. The molecule has 6 unspecified atom stereocenters. The van der Waals surface area contributed by atoms with Crippen LogP contribution < -0.4 is 0 Å². The second-order valence-electron chi connectivity index (χ2n) is 7.41. The molecule has 0 spiro atoms. The van der Waals surface area contributed by atoms with Crippen molar-refractivity contribution in [2.45, 2.75) is 76.8 Å². The molecule has 12 nitrogen and oxygen atoms in total. The van der Waals surface area contributed by atoms with Gasteiger partial charge in [0.2, 0.25) is 0 Å². The van der Waals surface area contributed by atoms with E-state index in [0.717, 1.165) is 32.5 Å². The van der Waals surface area contributed by atoms with Crippen molar-refractivity contribution in [3.05, 3.63) is 0 Å². The Hall–Kier alpha value is -2.19. The van der Waals surface area contributed by atoms with E-state index >= 15 is 0 Å². The monoisotopic (exact) mass is 525 g/mol. The molecule has 0 amide bonds. The van der Waals surface area contributed by atoms with Crippen molar-refractivity contribution in [2.24, 2.45) is 5.16 Å². The molecule has 1 rings (SSSR count). The average molecular weight is 526 g/mol. The van der Waals surface area contributed by atoms with Crippen molar-refractivity contribution < 1.29 is 52.3 Å². The minimum absolute atomic E-state index is 0.225. The van der Waals surface area contributed by atoms with Crippen LogP contribution >= 0.6 is 11.8 Å². The van der Waals surface area contributed by atoms with E-state index < -0.39 is 64.5 Å². The number of unbranched alkanes of at least 4 members (excludes halogenated alkanes) is 1. The van der Waals surface area contributed by atoms with Gasteiger partial charge in [-0.1, -0.05) is 16.9 Å². The molecule has 0 aliphatic carbocycles. The van der Waals surface area contributed by atoms with Crippen LogP contribution in [0.4, 0.5) is 0 Å². The van der Waals surface area contributed by atoms with Gasteiger partial charge in [0.15, 0.2) is 18.3 Å². The number of thioether (sulfide) groups is 1. The molecule has 0 aromatic heterocycles. The summed E-state index contributed by atoms with van der Waals surface area (Å²) in [6.45, 7) is 4.25. The summed E-state index contributed by atoms with van der Waals surface area (Å²) >= 11 is 0.917. The van der Waals surface area contributed by atoms with E-state index in [1.165, 1.54) is 6.92 Å². The number of hydrogen-bond donors (Lipinski definition) is 1. The fraction of sp³-hybridized carbons (Fsp3) is 0.750. The molecule has 0 aromatic rings. The Labute approximate surface area is 204 Å². The summed E-state index contributed by atoms with van der Waals surface area (Å²) in [5.74, 6) is -2.31. The lowest BCUT2D eigenvalue weighted by Gasteiger charge is -2.44. The molecular weight excluding hydrogens is 494 g/mol. The van der Waals surface area contributed by atoms with Crippen LogP contribution in [0, 0.1) is 0 Å². The van der Waals surface area contributed by atoms with E-state index in [1.807, 2.05) is 0 Å². The smallest absolute Gasteiger partial charge is 0.303 e. The molecule has 1 fully saturated rings. The Balaban J connectivity index is 3.24. The zero-order valence-electron chi connectivity index (χ0n) is 19.7. The molecular formula is C20H31NO11S2. The van der Waals surface area contributed by atoms with Crippen LogP contribution in [0.15, 0.2) is 5.16 Å². The summed E-state index contributed by atoms with van der Waals surface area (Å²) in [5, 5.41) is 13.0. The Bertz CT molecular complexity index is 788. The van der Waals surface area contributed by atoms with Crippen molar-refractivity contribution >= 4 is 51.5 Å². The number of carbonyl (C=O) groups excluding carboxylic acids is 4. The van der Waals surface area contributed by atoms with E-state index in [4.69, 9.17) is 23.7 Å². The first-order valence-electron chi connectivity index (χ1n) is 10.4. The summed E-state index contributed by atoms with van der Waals surface area (Å²) in [4.78, 5) is 46.8. The van der Waals surface area contributed by atoms with Gasteiger partial charge in [-0.05, 0) is 19.3 Å². The summed E-state index contributed by atoms with van der Waals surface area (Å²) in [7, 11) is -0.954. The van der Waals surface area contributed by atoms with Crippen LogP contribution in [0.2, 0.25) is 0 Å². The normalized spacial score (nSPS) is 25.7. The van der Waals surface area contributed by atoms with Crippen LogP contribution in [0.25, 0.3) is 0 Å². The highest BCUT2D eigenvalue weighted by Crippen LogP contribution is 2.35. The Morgan fingerprint density at radius 2 is 1.47 bits per heavy atom. The third kappa shape index (κ3) is 10.8. The molecule has 0 aromatic carbocycles. The minimum Gasteiger partial charge on any atom is -0.463 e. The first-order valence-corrected chi connectivity index (χ1v) is 13.0. The number of rotatable bonds is 11. The predicted octanol–water partition coefficient (Wildman–Crippen LogP) is 1.14. The van der Waals surface area contributed by atoms with Crippen molar-refractivity contribution in [2.75, 3.05) is 18.6 Å². The zero-order valence-corrected chi connectivity index (χ0v) is 21.3. The highest BCUT2D eigenvalue weighted by Gasteiger charge is 2.52. The predicted molar refractivity (Wildman–Crippen MR) is 122 cm³/mol. The zero-order chi connectivity index (χ0) is 25.8. The fourth-order valence-corrected chi connectivity index (χ4v) is 4.86. The topological polar surface area (TPSA) is 164 Å². The molecule has 6 atom stereocenters. The van der Waals surface area contributed by atoms with Crippen molar-refractivity contribution in [1.82, 2.24) is 0 Å². The molecule has 1 saturated heterocycles. The summed E-state index contributed by atoms with van der Waals surface area (Å²) < 4.78 is 38.2. The molecule has 0 bridgehead atoms. The molecule has 34 heavy (non-hydrogen) atoms. The number of carbonyl (C=O) groups is 4. The van der Waals surface area contributed by atoms with Gasteiger partial charge in [-0.15, -0.1) is 0 Å². The highest BCUT2D eigenvalue weighted by molar-refractivity contribution is 8.14. The maximum Gasteiger partial charge on any atom is 0.303 e. The van der Waals surface area contributed by atoms with Gasteiger partial charge in [0.1, 0.15) is 23.2 Å². The third-order valence-electron chi connectivity index (χ3n) is 4.38. The van der Waals surface area contributed by atoms with Crippen LogP contribution in [0.3, 0.4) is 0 Å². The van der Waals surface area contributed by atoms with Gasteiger partial charge in [0.25, 0.3) is 0 Å². The quantitative estimate of drug-likeness (QED) is 0.0779. The number of esters is 4. The highest BCUT2D eigenvalue weighted by atomic mass is 32.2. The molecule has 1 aliphatic heterocycles. The average Bonchev–Trinajstić information content (AvgIpc) is 2.71. The lowest BCUT2D eigenvalue weighted by molar-refractivity contribution is -0.237. The number of nitrogens with zero attached hydrogens (tertiary/aromatic N) is 1. The van der Waals surface area contributed by atoms with Crippen LogP contribution in [-0.4, -0.2) is 86.8 Å². The number of ether oxygens (including phenoxy) is 5. The molecule has 0 saturated carbocycles. The van der Waals surface area contributed by atoms with Gasteiger partial charge in [-0.25, -0.2) is 0 Å². The van der Waals surface area contributed by atoms with Crippen molar-refractivity contribution in [1.29, 1.82) is 0 Å². The van der Waals surface area contributed by atoms with Crippen LogP contribution in [0.1, 0.15) is 47.0 Å². The Morgan fingerprint density at radius 3 is 1.97 bits per heavy atom. The summed E-state index contributed by atoms with van der Waals surface area (Å²) in [6, 6.07) is 0. The largest absolute Gasteiger partial charge is 0.463 e. The van der Waals surface area contributed by atoms with Crippen molar-refractivity contribution in [3.8, 4) is 0 Å². The van der Waals surface area contributed by atoms with Gasteiger partial charge in [-0.3, -0.25) is 23.4 Å². The summed E-state index contributed by atoms with van der Waals surface area (Å²) in [6.07, 6.45) is -1.78. The summed E-state index contributed by atoms with van der Waals surface area (Å²) in [5.41, 5.74) is -1.06. The molecule has 1 N–H and O–H groups in total. The molecule has 0 radical (unpaired) electrons. The Morgan fingerprint density at radius 1 is 0.912 bits per heavy atom. The molecule has 194 valence electrons. The van der Waals surface area contributed by atoms with Crippen LogP contribution in [-0.2, 0) is 53.7 Å². The maximum atomic E-state index is 11.8. The van der Waals surface area contributed by atoms with E-state index in [9.17, 15) is 28.6 Å². The second kappa shape index (κ2) is 14.9. The first kappa shape index (κ1) is 29.8. The second-order valence-corrected chi connectivity index (χ2v) is 10.1. The van der Waals surface area contributed by atoms with E-state index in [1.54, 1.807) is 6.26 Å². The number of hydrogen-bond acceptors (Lipinski definition) is 13. The lowest BCUT2D eigenvalue weighted by Crippen LogP contribution is -2.61. The van der Waals surface area contributed by atoms with Gasteiger partial charge >= 0.3 is 23.9 Å². The van der Waals surface area contributed by atoms with E-state index in [-0.39, 0.29) is 11.7 Å². The van der Waals surface area contributed by atoms with Gasteiger partial charge < -0.3 is 28.9 Å². The molecule has 1 aliphatic rings.